The van der Waals surface area contributed by atoms with E-state index in [-0.39, 0.29) is 6.42 Å². The van der Waals surface area contributed by atoms with E-state index >= 15 is 0 Å². The van der Waals surface area contributed by atoms with Crippen molar-refractivity contribution in [1.29, 1.82) is 0 Å². The Morgan fingerprint density at radius 2 is 2.03 bits per heavy atom. The number of aryl methyl sites for hydroxylation is 1. The second-order valence-electron chi connectivity index (χ2n) is 6.53. The van der Waals surface area contributed by atoms with Crippen LogP contribution in [-0.2, 0) is 4.79 Å². The van der Waals surface area contributed by atoms with Crippen LogP contribution in [0.25, 0.3) is 5.57 Å². The Morgan fingerprint density at radius 3 is 2.62 bits per heavy atom. The second-order valence-corrected chi connectivity index (χ2v) is 6.97. The quantitative estimate of drug-likeness (QED) is 0.698. The van der Waals surface area contributed by atoms with Crippen LogP contribution in [-0.4, -0.2) is 23.8 Å². The van der Waals surface area contributed by atoms with Gasteiger partial charge in [0.15, 0.2) is 5.76 Å². The fourth-order valence-corrected chi connectivity index (χ4v) is 3.44. The summed E-state index contributed by atoms with van der Waals surface area (Å²) in [7, 11) is 1.72. The van der Waals surface area contributed by atoms with Crippen LogP contribution in [0.4, 0.5) is 0 Å². The minimum Gasteiger partial charge on any atom is -0.385 e. The van der Waals surface area contributed by atoms with Crippen molar-refractivity contribution in [3.05, 3.63) is 82.0 Å². The summed E-state index contributed by atoms with van der Waals surface area (Å²) in [4.78, 5) is 16.6. The summed E-state index contributed by atoms with van der Waals surface area (Å²) >= 11 is 6.06. The lowest BCUT2D eigenvalue weighted by atomic mass is 9.90. The van der Waals surface area contributed by atoms with Crippen molar-refractivity contribution in [3.63, 3.8) is 0 Å². The highest BCUT2D eigenvalue weighted by Crippen LogP contribution is 2.41. The van der Waals surface area contributed by atoms with Gasteiger partial charge in [-0.3, -0.25) is 9.79 Å². The van der Waals surface area contributed by atoms with Crippen molar-refractivity contribution < 1.29 is 9.32 Å². The number of primary amides is 1. The molecule has 0 unspecified atom stereocenters. The second kappa shape index (κ2) is 8.36. The molecule has 0 saturated heterocycles. The number of allylic oxidation sites excluding steroid dienone is 4. The highest BCUT2D eigenvalue weighted by Gasteiger charge is 2.34. The molecular weight excluding hydrogens is 390 g/mol. The Hall–Kier alpha value is -3.32. The van der Waals surface area contributed by atoms with Crippen molar-refractivity contribution in [2.45, 2.75) is 19.4 Å². The fraction of sp³-hybridized carbons (Fsp3) is 0.190. The van der Waals surface area contributed by atoms with Crippen molar-refractivity contribution in [2.24, 2.45) is 16.5 Å². The molecular formula is C21H22ClN5O2. The zero-order valence-electron chi connectivity index (χ0n) is 16.2. The number of amides is 1. The first-order valence-electron chi connectivity index (χ1n) is 8.96. The van der Waals surface area contributed by atoms with E-state index in [0.717, 1.165) is 16.7 Å². The summed E-state index contributed by atoms with van der Waals surface area (Å²) in [5, 5.41) is 7.67. The lowest BCUT2D eigenvalue weighted by Gasteiger charge is -2.16. The molecule has 1 atom stereocenters. The summed E-state index contributed by atoms with van der Waals surface area (Å²) in [6.07, 6.45) is 3.44. The normalized spacial score (nSPS) is 19.2. The van der Waals surface area contributed by atoms with Crippen LogP contribution in [0.3, 0.4) is 0 Å². The molecule has 0 radical (unpaired) electrons. The molecule has 3 rings (SSSR count). The Labute approximate surface area is 173 Å². The molecule has 1 aromatic carbocycles. The van der Waals surface area contributed by atoms with Crippen LogP contribution < -0.4 is 16.8 Å². The van der Waals surface area contributed by atoms with Gasteiger partial charge in [-0.15, -0.1) is 0 Å². The van der Waals surface area contributed by atoms with E-state index in [1.807, 2.05) is 25.1 Å². The van der Waals surface area contributed by atoms with E-state index in [1.165, 1.54) is 0 Å². The van der Waals surface area contributed by atoms with Gasteiger partial charge >= 0.3 is 0 Å². The van der Waals surface area contributed by atoms with Gasteiger partial charge < -0.3 is 21.3 Å². The molecule has 29 heavy (non-hydrogen) atoms. The molecule has 1 aromatic heterocycles. The number of aliphatic imine (C=N–C) groups is 1. The average Bonchev–Trinajstić information content (AvgIpc) is 3.01. The summed E-state index contributed by atoms with van der Waals surface area (Å²) in [5.74, 6) is 0.357. The third-order valence-electron chi connectivity index (χ3n) is 4.59. The minimum absolute atomic E-state index is 0.0349. The smallest absolute Gasteiger partial charge is 0.220 e. The molecule has 150 valence electrons. The van der Waals surface area contributed by atoms with Crippen molar-refractivity contribution in [3.8, 4) is 0 Å². The lowest BCUT2D eigenvalue weighted by molar-refractivity contribution is -0.118. The molecule has 7 nitrogen and oxygen atoms in total. The number of rotatable bonds is 5. The molecule has 0 saturated carbocycles. The van der Waals surface area contributed by atoms with E-state index < -0.39 is 11.9 Å². The summed E-state index contributed by atoms with van der Waals surface area (Å²) in [5.41, 5.74) is 16.0. The van der Waals surface area contributed by atoms with E-state index in [0.29, 0.717) is 33.6 Å². The van der Waals surface area contributed by atoms with Gasteiger partial charge in [-0.2, -0.15) is 0 Å². The fourth-order valence-electron chi connectivity index (χ4n) is 3.31. The van der Waals surface area contributed by atoms with E-state index in [2.05, 4.69) is 17.1 Å². The molecule has 2 heterocycles. The maximum atomic E-state index is 11.8. The van der Waals surface area contributed by atoms with Crippen molar-refractivity contribution in [1.82, 2.24) is 10.5 Å². The Morgan fingerprint density at radius 1 is 1.34 bits per heavy atom. The third-order valence-corrected chi connectivity index (χ3v) is 4.84. The first-order valence-corrected chi connectivity index (χ1v) is 9.34. The van der Waals surface area contributed by atoms with Crippen LogP contribution in [0.2, 0.25) is 5.02 Å². The molecule has 2 aromatic rings. The van der Waals surface area contributed by atoms with Crippen LogP contribution in [0.15, 0.2) is 63.9 Å². The summed E-state index contributed by atoms with van der Waals surface area (Å²) in [6.45, 7) is 5.65. The molecule has 0 fully saturated rings. The number of carbonyl (C=O) groups is 1. The SMILES string of the molecule is C=C/C=C1\C(=C(/N)NC)C(c2ccc(Cl)cc2)=N[C@@H](CC(N)=O)c2onc(C)c21. The first kappa shape index (κ1) is 20.4. The molecule has 0 aliphatic carbocycles. The Balaban J connectivity index is 2.39. The van der Waals surface area contributed by atoms with Gasteiger partial charge in [0.1, 0.15) is 11.9 Å². The van der Waals surface area contributed by atoms with Gasteiger partial charge in [0.2, 0.25) is 5.91 Å². The van der Waals surface area contributed by atoms with Crippen LogP contribution in [0.1, 0.15) is 35.0 Å². The predicted octanol–water partition coefficient (Wildman–Crippen LogP) is 3.01. The first-order chi connectivity index (χ1) is 13.9. The highest BCUT2D eigenvalue weighted by atomic mass is 35.5. The Bertz CT molecular complexity index is 1050. The van der Waals surface area contributed by atoms with Gasteiger partial charge in [0.25, 0.3) is 0 Å². The monoisotopic (exact) mass is 411 g/mol. The minimum atomic E-state index is -0.648. The number of hydrogen-bond acceptors (Lipinski definition) is 6. The number of nitrogens with two attached hydrogens (primary N) is 2. The number of benzene rings is 1. The lowest BCUT2D eigenvalue weighted by Crippen LogP contribution is -2.23. The molecule has 1 aliphatic rings. The maximum absolute atomic E-state index is 11.8. The molecule has 0 spiro atoms. The molecule has 1 aliphatic heterocycles. The summed E-state index contributed by atoms with van der Waals surface area (Å²) < 4.78 is 5.58. The number of nitrogens with zero attached hydrogens (tertiary/aromatic N) is 2. The zero-order chi connectivity index (χ0) is 21.1. The Kier molecular flexibility index (Phi) is 5.89. The van der Waals surface area contributed by atoms with Gasteiger partial charge in [-0.1, -0.05) is 47.6 Å². The molecule has 1 amide bonds. The highest BCUT2D eigenvalue weighted by molar-refractivity contribution is 6.31. The van der Waals surface area contributed by atoms with Crippen LogP contribution in [0.5, 0.6) is 0 Å². The zero-order valence-corrected chi connectivity index (χ0v) is 17.0. The van der Waals surface area contributed by atoms with Gasteiger partial charge in [-0.25, -0.2) is 0 Å². The van der Waals surface area contributed by atoms with Crippen LogP contribution in [0, 0.1) is 6.92 Å². The topological polar surface area (TPSA) is 120 Å². The predicted molar refractivity (Wildman–Crippen MR) is 114 cm³/mol. The number of fused-ring (bicyclic) bond motifs is 1. The number of carbonyl (C=O) groups excluding carboxylic acids is 1. The van der Waals surface area contributed by atoms with Crippen molar-refractivity contribution in [2.75, 3.05) is 7.05 Å². The van der Waals surface area contributed by atoms with E-state index in [1.54, 1.807) is 25.3 Å². The number of hydrogen-bond donors (Lipinski definition) is 3. The number of halogens is 1. The molecule has 0 bridgehead atoms. The van der Waals surface area contributed by atoms with Crippen LogP contribution >= 0.6 is 11.6 Å². The number of nitrogens with one attached hydrogen (secondary N) is 1. The van der Waals surface area contributed by atoms with Gasteiger partial charge in [-0.05, 0) is 19.1 Å². The average molecular weight is 412 g/mol. The summed E-state index contributed by atoms with van der Waals surface area (Å²) in [6, 6.07) is 6.57. The standard InChI is InChI=1S/C21H22ClN5O2/c1-4-5-14-17-11(2)27-29-20(17)15(10-16(23)28)26-19(18(14)21(24)25-3)12-6-8-13(22)9-7-12/h4-9,15,25H,1,10,24H2,2-3H3,(H2,23,28)/b14-5-,21-18-/t15-/m0/s1. The third kappa shape index (κ3) is 3.95. The van der Waals surface area contributed by atoms with E-state index in [9.17, 15) is 4.79 Å². The van der Waals surface area contributed by atoms with Crippen molar-refractivity contribution >= 4 is 28.8 Å². The molecule has 5 N–H and O–H groups in total. The van der Waals surface area contributed by atoms with E-state index in [4.69, 9.17) is 32.6 Å². The number of aromatic nitrogens is 1. The maximum Gasteiger partial charge on any atom is 0.220 e. The largest absolute Gasteiger partial charge is 0.385 e. The van der Waals surface area contributed by atoms with Gasteiger partial charge in [0.05, 0.1) is 23.4 Å². The van der Waals surface area contributed by atoms with Gasteiger partial charge in [0, 0.05) is 28.8 Å². The molecule has 8 heteroatoms.